The van der Waals surface area contributed by atoms with Gasteiger partial charge in [-0.25, -0.2) is 0 Å². The second kappa shape index (κ2) is 13.4. The van der Waals surface area contributed by atoms with Gasteiger partial charge in [-0.1, -0.05) is 55.0 Å². The first kappa shape index (κ1) is 23.7. The van der Waals surface area contributed by atoms with Gasteiger partial charge in [-0.3, -0.25) is 9.78 Å². The molecule has 0 radical (unpaired) electrons. The van der Waals surface area contributed by atoms with Crippen LogP contribution in [0.1, 0.15) is 31.2 Å². The third-order valence-corrected chi connectivity index (χ3v) is 5.16. The highest BCUT2D eigenvalue weighted by molar-refractivity contribution is 5.87. The van der Waals surface area contributed by atoms with E-state index in [0.717, 1.165) is 48.1 Å². The first-order chi connectivity index (χ1) is 16.3. The molecule has 0 spiro atoms. The predicted octanol–water partition coefficient (Wildman–Crippen LogP) is 4.97. The van der Waals surface area contributed by atoms with E-state index in [-0.39, 0.29) is 12.5 Å². The fourth-order valence-corrected chi connectivity index (χ4v) is 3.49. The van der Waals surface area contributed by atoms with Crippen molar-refractivity contribution in [3.8, 4) is 23.1 Å². The van der Waals surface area contributed by atoms with E-state index in [9.17, 15) is 4.79 Å². The molecule has 1 N–H and O–H groups in total. The van der Waals surface area contributed by atoms with Gasteiger partial charge < -0.3 is 10.1 Å². The van der Waals surface area contributed by atoms with Crippen LogP contribution in [0.2, 0.25) is 0 Å². The number of rotatable bonds is 12. The van der Waals surface area contributed by atoms with Crippen LogP contribution in [0.5, 0.6) is 5.75 Å². The molecule has 0 fully saturated rings. The van der Waals surface area contributed by atoms with E-state index < -0.39 is 0 Å². The molecule has 6 heteroatoms. The summed E-state index contributed by atoms with van der Waals surface area (Å²) in [5, 5.41) is 11.8. The van der Waals surface area contributed by atoms with E-state index in [1.165, 1.54) is 0 Å². The summed E-state index contributed by atoms with van der Waals surface area (Å²) in [6.07, 6.45) is 9.54. The van der Waals surface area contributed by atoms with Crippen molar-refractivity contribution >= 4 is 11.6 Å². The van der Waals surface area contributed by atoms with Gasteiger partial charge in [0.25, 0.3) is 5.91 Å². The second-order valence-electron chi connectivity index (χ2n) is 7.62. The number of nitrogens with one attached hydrogen (secondary N) is 1. The highest BCUT2D eigenvalue weighted by atomic mass is 16.5. The number of hydrogen-bond donors (Lipinski definition) is 1. The van der Waals surface area contributed by atoms with Gasteiger partial charge in [0.2, 0.25) is 6.19 Å². The SMILES string of the molecule is N#CN=C(CCCCCNC(=O)COc1ccccc1-c1ccccc1)Cc1ccncc1. The van der Waals surface area contributed by atoms with E-state index in [1.54, 1.807) is 12.4 Å². The van der Waals surface area contributed by atoms with Crippen molar-refractivity contribution in [1.29, 1.82) is 5.26 Å². The van der Waals surface area contributed by atoms with Crippen molar-refractivity contribution in [2.24, 2.45) is 4.99 Å². The average molecular weight is 441 g/mol. The molecule has 1 amide bonds. The molecule has 0 saturated carbocycles. The molecular formula is C27H28N4O2. The number of unbranched alkanes of at least 4 members (excludes halogenated alkanes) is 2. The van der Waals surface area contributed by atoms with Gasteiger partial charge in [0.05, 0.1) is 0 Å². The van der Waals surface area contributed by atoms with Crippen LogP contribution in [0.15, 0.2) is 84.1 Å². The Hall–Kier alpha value is -3.98. The lowest BCUT2D eigenvalue weighted by Crippen LogP contribution is -2.29. The maximum Gasteiger partial charge on any atom is 0.257 e. The number of pyridine rings is 1. The van der Waals surface area contributed by atoms with Gasteiger partial charge in [-0.2, -0.15) is 10.3 Å². The first-order valence-corrected chi connectivity index (χ1v) is 11.1. The summed E-state index contributed by atoms with van der Waals surface area (Å²) in [5.74, 6) is 0.555. The van der Waals surface area contributed by atoms with Gasteiger partial charge in [0.15, 0.2) is 6.61 Å². The lowest BCUT2D eigenvalue weighted by molar-refractivity contribution is -0.123. The highest BCUT2D eigenvalue weighted by Gasteiger charge is 2.08. The Morgan fingerprint density at radius 1 is 0.970 bits per heavy atom. The lowest BCUT2D eigenvalue weighted by atomic mass is 10.0. The number of aromatic nitrogens is 1. The van der Waals surface area contributed by atoms with Crippen LogP contribution in [0, 0.1) is 11.5 Å². The average Bonchev–Trinajstić information content (AvgIpc) is 2.86. The summed E-state index contributed by atoms with van der Waals surface area (Å²) in [7, 11) is 0. The minimum Gasteiger partial charge on any atom is -0.483 e. The molecular weight excluding hydrogens is 412 g/mol. The summed E-state index contributed by atoms with van der Waals surface area (Å²) < 4.78 is 5.78. The number of benzene rings is 2. The summed E-state index contributed by atoms with van der Waals surface area (Å²) >= 11 is 0. The molecule has 3 aromatic rings. The zero-order chi connectivity index (χ0) is 23.1. The van der Waals surface area contributed by atoms with Gasteiger partial charge in [-0.15, -0.1) is 0 Å². The topological polar surface area (TPSA) is 87.4 Å². The molecule has 0 aliphatic carbocycles. The maximum atomic E-state index is 12.2. The molecule has 0 bridgehead atoms. The standard InChI is InChI=1S/C27H28N4O2/c28-21-31-24(19-22-14-17-29-18-15-22)11-5-2-8-16-30-27(32)20-33-26-13-7-6-12-25(26)23-9-3-1-4-10-23/h1,3-4,6-7,9-10,12-15,17-18H,2,5,8,11,16,19-20H2,(H,30,32). The van der Waals surface area contributed by atoms with Crippen LogP contribution in [0.3, 0.4) is 0 Å². The van der Waals surface area contributed by atoms with Crippen molar-refractivity contribution in [1.82, 2.24) is 10.3 Å². The number of hydrogen-bond acceptors (Lipinski definition) is 5. The van der Waals surface area contributed by atoms with Crippen molar-refractivity contribution in [2.75, 3.05) is 13.2 Å². The Morgan fingerprint density at radius 3 is 2.52 bits per heavy atom. The number of amides is 1. The number of carbonyl (C=O) groups is 1. The van der Waals surface area contributed by atoms with E-state index in [0.29, 0.717) is 18.7 Å². The summed E-state index contributed by atoms with van der Waals surface area (Å²) in [4.78, 5) is 20.2. The fourth-order valence-electron chi connectivity index (χ4n) is 3.49. The van der Waals surface area contributed by atoms with E-state index in [2.05, 4.69) is 15.3 Å². The van der Waals surface area contributed by atoms with Crippen molar-refractivity contribution in [3.05, 3.63) is 84.7 Å². The van der Waals surface area contributed by atoms with Crippen LogP contribution < -0.4 is 10.1 Å². The Balaban J connectivity index is 1.34. The van der Waals surface area contributed by atoms with Crippen LogP contribution in [0.4, 0.5) is 0 Å². The quantitative estimate of drug-likeness (QED) is 0.245. The molecule has 6 nitrogen and oxygen atoms in total. The Bertz CT molecular complexity index is 1080. The monoisotopic (exact) mass is 440 g/mol. The number of aliphatic imine (C=N–C) groups is 1. The van der Waals surface area contributed by atoms with Crippen LogP contribution in [0.25, 0.3) is 11.1 Å². The van der Waals surface area contributed by atoms with Gasteiger partial charge >= 0.3 is 0 Å². The molecule has 1 aromatic heterocycles. The number of nitriles is 1. The summed E-state index contributed by atoms with van der Waals surface area (Å²) in [6, 6.07) is 21.6. The van der Waals surface area contributed by atoms with Gasteiger partial charge in [0.1, 0.15) is 5.75 Å². The molecule has 0 aliphatic rings. The fraction of sp³-hybridized carbons (Fsp3) is 0.259. The number of ether oxygens (including phenoxy) is 1. The van der Waals surface area contributed by atoms with E-state index >= 15 is 0 Å². The molecule has 0 aliphatic heterocycles. The minimum atomic E-state index is -0.137. The van der Waals surface area contributed by atoms with E-state index in [1.807, 2.05) is 72.9 Å². The normalized spacial score (nSPS) is 10.9. The third kappa shape index (κ3) is 8.23. The Morgan fingerprint density at radius 2 is 1.73 bits per heavy atom. The summed E-state index contributed by atoms with van der Waals surface area (Å²) in [5.41, 5.74) is 3.99. The number of nitrogens with zero attached hydrogens (tertiary/aromatic N) is 3. The highest BCUT2D eigenvalue weighted by Crippen LogP contribution is 2.29. The van der Waals surface area contributed by atoms with Crippen molar-refractivity contribution in [3.63, 3.8) is 0 Å². The predicted molar refractivity (Wildman–Crippen MR) is 130 cm³/mol. The summed E-state index contributed by atoms with van der Waals surface area (Å²) in [6.45, 7) is 0.576. The van der Waals surface area contributed by atoms with Gasteiger partial charge in [-0.05, 0) is 48.6 Å². The molecule has 168 valence electrons. The molecule has 2 aromatic carbocycles. The smallest absolute Gasteiger partial charge is 0.257 e. The largest absolute Gasteiger partial charge is 0.483 e. The number of carbonyl (C=O) groups excluding carboxylic acids is 1. The zero-order valence-corrected chi connectivity index (χ0v) is 18.6. The molecule has 0 unspecified atom stereocenters. The van der Waals surface area contributed by atoms with Crippen molar-refractivity contribution in [2.45, 2.75) is 32.1 Å². The number of para-hydroxylation sites is 1. The zero-order valence-electron chi connectivity index (χ0n) is 18.6. The lowest BCUT2D eigenvalue weighted by Gasteiger charge is -2.12. The Kier molecular flexibility index (Phi) is 9.64. The molecule has 1 heterocycles. The Labute approximate surface area is 195 Å². The van der Waals surface area contributed by atoms with E-state index in [4.69, 9.17) is 10.00 Å². The first-order valence-electron chi connectivity index (χ1n) is 11.1. The van der Waals surface area contributed by atoms with Gasteiger partial charge in [0, 0.05) is 36.6 Å². The van der Waals surface area contributed by atoms with Crippen LogP contribution in [-0.2, 0) is 11.2 Å². The second-order valence-corrected chi connectivity index (χ2v) is 7.62. The maximum absolute atomic E-state index is 12.2. The molecule has 0 atom stereocenters. The van der Waals surface area contributed by atoms with Crippen LogP contribution in [-0.4, -0.2) is 29.8 Å². The molecule has 33 heavy (non-hydrogen) atoms. The van der Waals surface area contributed by atoms with Crippen molar-refractivity contribution < 1.29 is 9.53 Å². The third-order valence-electron chi connectivity index (χ3n) is 5.16. The van der Waals surface area contributed by atoms with Crippen LogP contribution >= 0.6 is 0 Å². The molecule has 3 rings (SSSR count). The minimum absolute atomic E-state index is 0.0191. The molecule has 0 saturated heterocycles.